The van der Waals surface area contributed by atoms with Gasteiger partial charge in [-0.25, -0.2) is 4.79 Å². The van der Waals surface area contributed by atoms with Crippen molar-refractivity contribution in [3.8, 4) is 0 Å². The van der Waals surface area contributed by atoms with E-state index in [1.165, 1.54) is 0 Å². The third-order valence-electron chi connectivity index (χ3n) is 5.82. The Kier molecular flexibility index (Phi) is 11.6. The Labute approximate surface area is 221 Å². The number of alkyl carbamates (subject to hydrolysis) is 1. The minimum Gasteiger partial charge on any atom is -0.444 e. The quantitative estimate of drug-likeness (QED) is 0.388. The lowest BCUT2D eigenvalue weighted by atomic mass is 9.85. The second kappa shape index (κ2) is 14.4. The molecule has 2 unspecified atom stereocenters. The number of rotatable bonds is 12. The summed E-state index contributed by atoms with van der Waals surface area (Å²) in [5.74, 6) is -0.614. The van der Waals surface area contributed by atoms with Gasteiger partial charge in [-0.05, 0) is 57.6 Å². The molecule has 0 bridgehead atoms. The van der Waals surface area contributed by atoms with Gasteiger partial charge in [-0.15, -0.1) is 0 Å². The fourth-order valence-electron chi connectivity index (χ4n) is 4.22. The van der Waals surface area contributed by atoms with Crippen molar-refractivity contribution in [2.75, 3.05) is 6.54 Å². The molecule has 2 aromatic rings. The molecule has 0 radical (unpaired) electrons. The van der Waals surface area contributed by atoms with E-state index in [1.54, 1.807) is 20.8 Å². The van der Waals surface area contributed by atoms with Crippen LogP contribution in [-0.2, 0) is 27.2 Å². The van der Waals surface area contributed by atoms with Gasteiger partial charge in [0.2, 0.25) is 11.8 Å². The van der Waals surface area contributed by atoms with Crippen LogP contribution in [0.2, 0.25) is 0 Å². The molecule has 2 rings (SSSR count). The first-order valence-electron chi connectivity index (χ1n) is 13.1. The van der Waals surface area contributed by atoms with Gasteiger partial charge in [-0.1, -0.05) is 74.5 Å². The third kappa shape index (κ3) is 11.1. The van der Waals surface area contributed by atoms with Gasteiger partial charge in [0.25, 0.3) is 0 Å². The number of hydrogen-bond donors (Lipinski definition) is 3. The van der Waals surface area contributed by atoms with Crippen molar-refractivity contribution in [1.82, 2.24) is 16.0 Å². The van der Waals surface area contributed by atoms with Gasteiger partial charge in [0, 0.05) is 19.0 Å². The van der Waals surface area contributed by atoms with E-state index >= 15 is 0 Å². The van der Waals surface area contributed by atoms with Crippen LogP contribution in [0.4, 0.5) is 4.79 Å². The summed E-state index contributed by atoms with van der Waals surface area (Å²) in [5, 5.41) is 8.82. The molecular formula is C30H43N3O4. The monoisotopic (exact) mass is 509 g/mol. The standard InChI is InChI=1S/C30H43N3O4/c1-7-31-27(34)24(18-21(2)3)25(19-22-14-10-8-11-15-22)32-28(35)26(20-23-16-12-9-13-17-23)33-29(36)37-30(4,5)6/h8-17,21,24-26H,7,18-20H2,1-6H3,(H,31,34)(H,32,35)(H,33,36)/t24?,25-,26?/m1/s1. The first kappa shape index (κ1) is 29.9. The molecule has 3 amide bonds. The summed E-state index contributed by atoms with van der Waals surface area (Å²) in [4.78, 5) is 39.5. The lowest BCUT2D eigenvalue weighted by Crippen LogP contribution is -2.55. The van der Waals surface area contributed by atoms with E-state index in [0.29, 0.717) is 25.8 Å². The first-order chi connectivity index (χ1) is 17.5. The summed E-state index contributed by atoms with van der Waals surface area (Å²) in [6, 6.07) is 18.0. The fraction of sp³-hybridized carbons (Fsp3) is 0.500. The summed E-state index contributed by atoms with van der Waals surface area (Å²) in [6.45, 7) is 11.9. The molecule has 0 fully saturated rings. The maximum absolute atomic E-state index is 13.7. The SMILES string of the molecule is CCNC(=O)C(CC(C)C)[C@@H](Cc1ccccc1)NC(=O)C(Cc1ccccc1)NC(=O)OC(C)(C)C. The highest BCUT2D eigenvalue weighted by Gasteiger charge is 2.33. The Balaban J connectivity index is 2.35. The second-order valence-corrected chi connectivity index (χ2v) is 10.8. The normalized spacial score (nSPS) is 13.8. The molecule has 2 aromatic carbocycles. The van der Waals surface area contributed by atoms with Crippen LogP contribution in [0.3, 0.4) is 0 Å². The fourth-order valence-corrected chi connectivity index (χ4v) is 4.22. The Morgan fingerprint density at radius 2 is 1.35 bits per heavy atom. The van der Waals surface area contributed by atoms with Gasteiger partial charge < -0.3 is 20.7 Å². The van der Waals surface area contributed by atoms with Crippen molar-refractivity contribution in [1.29, 1.82) is 0 Å². The van der Waals surface area contributed by atoms with E-state index < -0.39 is 29.7 Å². The summed E-state index contributed by atoms with van der Waals surface area (Å²) < 4.78 is 5.43. The second-order valence-electron chi connectivity index (χ2n) is 10.8. The molecule has 0 aromatic heterocycles. The smallest absolute Gasteiger partial charge is 0.408 e. The van der Waals surface area contributed by atoms with Crippen molar-refractivity contribution in [3.63, 3.8) is 0 Å². The molecular weight excluding hydrogens is 466 g/mol. The number of amides is 3. The predicted molar refractivity (Wildman–Crippen MR) is 147 cm³/mol. The molecule has 0 spiro atoms. The summed E-state index contributed by atoms with van der Waals surface area (Å²) in [6.07, 6.45) is 0.739. The number of benzene rings is 2. The van der Waals surface area contributed by atoms with Crippen LogP contribution in [0, 0.1) is 11.8 Å². The van der Waals surface area contributed by atoms with Crippen molar-refractivity contribution in [2.45, 2.75) is 78.5 Å². The average Bonchev–Trinajstić information content (AvgIpc) is 2.82. The summed E-state index contributed by atoms with van der Waals surface area (Å²) in [5.41, 5.74) is 1.22. The van der Waals surface area contributed by atoms with Crippen LogP contribution in [-0.4, -0.2) is 42.1 Å². The maximum Gasteiger partial charge on any atom is 0.408 e. The van der Waals surface area contributed by atoms with Crippen molar-refractivity contribution in [2.24, 2.45) is 11.8 Å². The minimum atomic E-state index is -0.871. The third-order valence-corrected chi connectivity index (χ3v) is 5.82. The van der Waals surface area contributed by atoms with Crippen molar-refractivity contribution >= 4 is 17.9 Å². The lowest BCUT2D eigenvalue weighted by molar-refractivity contribution is -0.128. The van der Waals surface area contributed by atoms with Gasteiger partial charge in [-0.2, -0.15) is 0 Å². The molecule has 0 heterocycles. The van der Waals surface area contributed by atoms with E-state index in [0.717, 1.165) is 11.1 Å². The van der Waals surface area contributed by atoms with E-state index in [2.05, 4.69) is 29.8 Å². The average molecular weight is 510 g/mol. The zero-order valence-electron chi connectivity index (χ0n) is 23.0. The molecule has 3 N–H and O–H groups in total. The summed E-state index contributed by atoms with van der Waals surface area (Å²) >= 11 is 0. The van der Waals surface area contributed by atoms with Gasteiger partial charge in [0.05, 0.1) is 5.92 Å². The molecule has 7 nitrogen and oxygen atoms in total. The highest BCUT2D eigenvalue weighted by atomic mass is 16.6. The Bertz CT molecular complexity index is 987. The predicted octanol–water partition coefficient (Wildman–Crippen LogP) is 4.65. The minimum absolute atomic E-state index is 0.0860. The molecule has 0 aliphatic heterocycles. The number of carbonyl (C=O) groups excluding carboxylic acids is 3. The van der Waals surface area contributed by atoms with Crippen LogP contribution in [0.1, 0.15) is 59.1 Å². The first-order valence-corrected chi connectivity index (χ1v) is 13.1. The highest BCUT2D eigenvalue weighted by Crippen LogP contribution is 2.20. The van der Waals surface area contributed by atoms with Gasteiger partial charge in [-0.3, -0.25) is 9.59 Å². The number of nitrogens with one attached hydrogen (secondary N) is 3. The number of carbonyl (C=O) groups is 3. The zero-order chi connectivity index (χ0) is 27.4. The summed E-state index contributed by atoms with van der Waals surface area (Å²) in [7, 11) is 0. The number of hydrogen-bond acceptors (Lipinski definition) is 4. The van der Waals surface area contributed by atoms with Gasteiger partial charge in [0.1, 0.15) is 11.6 Å². The van der Waals surface area contributed by atoms with Crippen LogP contribution < -0.4 is 16.0 Å². The van der Waals surface area contributed by atoms with Crippen LogP contribution >= 0.6 is 0 Å². The highest BCUT2D eigenvalue weighted by molar-refractivity contribution is 5.87. The lowest BCUT2D eigenvalue weighted by Gasteiger charge is -2.31. The Morgan fingerprint density at radius 3 is 1.84 bits per heavy atom. The van der Waals surface area contributed by atoms with E-state index in [-0.39, 0.29) is 17.7 Å². The molecule has 202 valence electrons. The van der Waals surface area contributed by atoms with Crippen molar-refractivity contribution in [3.05, 3.63) is 71.8 Å². The van der Waals surface area contributed by atoms with E-state index in [1.807, 2.05) is 67.6 Å². The van der Waals surface area contributed by atoms with E-state index in [4.69, 9.17) is 4.74 Å². The molecule has 0 aliphatic rings. The molecule has 7 heteroatoms. The zero-order valence-corrected chi connectivity index (χ0v) is 23.0. The molecule has 3 atom stereocenters. The van der Waals surface area contributed by atoms with Gasteiger partial charge in [0.15, 0.2) is 0 Å². The maximum atomic E-state index is 13.7. The Hall–Kier alpha value is -3.35. The molecule has 37 heavy (non-hydrogen) atoms. The van der Waals surface area contributed by atoms with Crippen LogP contribution in [0.5, 0.6) is 0 Å². The Morgan fingerprint density at radius 1 is 0.811 bits per heavy atom. The van der Waals surface area contributed by atoms with Crippen LogP contribution in [0.15, 0.2) is 60.7 Å². The molecule has 0 saturated carbocycles. The topological polar surface area (TPSA) is 96.5 Å². The van der Waals surface area contributed by atoms with E-state index in [9.17, 15) is 14.4 Å². The van der Waals surface area contributed by atoms with Crippen molar-refractivity contribution < 1.29 is 19.1 Å². The van der Waals surface area contributed by atoms with Crippen LogP contribution in [0.25, 0.3) is 0 Å². The molecule has 0 aliphatic carbocycles. The number of ether oxygens (including phenoxy) is 1. The van der Waals surface area contributed by atoms with Gasteiger partial charge >= 0.3 is 6.09 Å². The molecule has 0 saturated heterocycles. The largest absolute Gasteiger partial charge is 0.444 e.